The molecule has 2 aliphatic carbocycles. The van der Waals surface area contributed by atoms with Gasteiger partial charge < -0.3 is 15.0 Å². The molecule has 0 saturated heterocycles. The van der Waals surface area contributed by atoms with Gasteiger partial charge in [-0.3, -0.25) is 14.6 Å². The van der Waals surface area contributed by atoms with E-state index in [2.05, 4.69) is 47.1 Å². The number of hydrogen-bond acceptors (Lipinski definition) is 12. The molecule has 2 fully saturated rings. The van der Waals surface area contributed by atoms with Crippen LogP contribution in [0.2, 0.25) is 0 Å². The summed E-state index contributed by atoms with van der Waals surface area (Å²) in [6.45, 7) is 3.88. The number of pyridine rings is 1. The predicted molar refractivity (Wildman–Crippen MR) is 159 cm³/mol. The van der Waals surface area contributed by atoms with Crippen LogP contribution in [0.4, 0.5) is 5.82 Å². The lowest BCUT2D eigenvalue weighted by Gasteiger charge is -2.22. The van der Waals surface area contributed by atoms with E-state index in [1.807, 2.05) is 0 Å². The van der Waals surface area contributed by atoms with Crippen LogP contribution < -0.4 is 15.6 Å². The summed E-state index contributed by atoms with van der Waals surface area (Å²) in [4.78, 5) is 52.2. The molecule has 0 aromatic carbocycles. The van der Waals surface area contributed by atoms with Crippen LogP contribution >= 0.6 is 0 Å². The molecule has 1 atom stereocenters. The van der Waals surface area contributed by atoms with Gasteiger partial charge in [0.15, 0.2) is 27.1 Å². The Bertz CT molecular complexity index is 1790. The number of ketones is 1. The lowest BCUT2D eigenvalue weighted by molar-refractivity contribution is -0.129. The van der Waals surface area contributed by atoms with Gasteiger partial charge in [-0.25, -0.2) is 33.3 Å². The van der Waals surface area contributed by atoms with E-state index >= 15 is 0 Å². The van der Waals surface area contributed by atoms with Crippen molar-refractivity contribution in [2.24, 2.45) is 5.92 Å². The van der Waals surface area contributed by atoms with E-state index in [-0.39, 0.29) is 28.7 Å². The number of nitrogens with one attached hydrogen (secondary N) is 2. The highest BCUT2D eigenvalue weighted by atomic mass is 32.2. The number of rotatable bonds is 10. The Kier molecular flexibility index (Phi) is 9.04. The molecule has 6 rings (SSSR count). The first-order chi connectivity index (χ1) is 20.7. The normalized spacial score (nSPS) is 16.3. The average Bonchev–Trinajstić information content (AvgIpc) is 3.87. The van der Waals surface area contributed by atoms with E-state index in [4.69, 9.17) is 4.74 Å². The van der Waals surface area contributed by atoms with Gasteiger partial charge in [0.25, 0.3) is 5.56 Å². The quantitative estimate of drug-likeness (QED) is 0.268. The van der Waals surface area contributed by atoms with Crippen LogP contribution in [0.3, 0.4) is 0 Å². The Labute approximate surface area is 248 Å². The molecule has 0 spiro atoms. The molecule has 0 amide bonds. The second-order valence-corrected chi connectivity index (χ2v) is 12.8. The first-order valence-electron chi connectivity index (χ1n) is 14.3. The number of carbonyl (C=O) groups is 1. The van der Waals surface area contributed by atoms with Gasteiger partial charge in [-0.15, -0.1) is 0 Å². The summed E-state index contributed by atoms with van der Waals surface area (Å²) in [6, 6.07) is 3.08. The van der Waals surface area contributed by atoms with Gasteiger partial charge in [0.05, 0.1) is 41.9 Å². The van der Waals surface area contributed by atoms with Gasteiger partial charge >= 0.3 is 0 Å². The maximum atomic E-state index is 12.6. The maximum absolute atomic E-state index is 12.6. The molecule has 0 aliphatic heterocycles. The van der Waals surface area contributed by atoms with Gasteiger partial charge in [-0.05, 0) is 37.8 Å². The van der Waals surface area contributed by atoms with Crippen molar-refractivity contribution in [1.29, 1.82) is 0 Å². The Hall–Kier alpha value is -4.33. The minimum atomic E-state index is -3.33. The number of aromatic nitrogens is 7. The maximum Gasteiger partial charge on any atom is 0.292 e. The molecule has 43 heavy (non-hydrogen) atoms. The van der Waals surface area contributed by atoms with Gasteiger partial charge in [0.2, 0.25) is 5.88 Å². The summed E-state index contributed by atoms with van der Waals surface area (Å²) in [5, 5.41) is 2.93. The third kappa shape index (κ3) is 6.85. The Balaban J connectivity index is 0.000000400. The first-order valence-corrected chi connectivity index (χ1v) is 16.0. The number of methoxy groups -OCH3 is 1. The zero-order chi connectivity index (χ0) is 30.6. The van der Waals surface area contributed by atoms with Crippen molar-refractivity contribution in [2.75, 3.05) is 18.2 Å². The summed E-state index contributed by atoms with van der Waals surface area (Å²) < 4.78 is 29.3. The first kappa shape index (κ1) is 30.1. The zero-order valence-electron chi connectivity index (χ0n) is 24.3. The minimum absolute atomic E-state index is 0.00157. The van der Waals surface area contributed by atoms with E-state index in [0.29, 0.717) is 46.1 Å². The molecule has 2 N–H and O–H groups in total. The monoisotopic (exact) mass is 606 g/mol. The summed E-state index contributed by atoms with van der Waals surface area (Å²) >= 11 is 0. The lowest BCUT2D eigenvalue weighted by atomic mass is 9.81. The van der Waals surface area contributed by atoms with Crippen molar-refractivity contribution in [3.05, 3.63) is 52.6 Å². The van der Waals surface area contributed by atoms with Crippen LogP contribution in [-0.4, -0.2) is 62.0 Å². The molecular weight excluding hydrogens is 572 g/mol. The highest BCUT2D eigenvalue weighted by Crippen LogP contribution is 2.44. The van der Waals surface area contributed by atoms with Crippen LogP contribution in [0.15, 0.2) is 40.5 Å². The molecule has 1 unspecified atom stereocenters. The number of ether oxygens (including phenoxy) is 1. The zero-order valence-corrected chi connectivity index (χ0v) is 25.1. The van der Waals surface area contributed by atoms with Crippen LogP contribution in [0.1, 0.15) is 69.7 Å². The molecule has 4 heterocycles. The third-order valence-corrected chi connectivity index (χ3v) is 9.20. The number of H-pyrrole nitrogens is 1. The fourth-order valence-corrected chi connectivity index (χ4v) is 5.52. The number of sulfone groups is 1. The number of aromatic amines is 1. The molecule has 2 aliphatic rings. The second kappa shape index (κ2) is 12.9. The molecule has 226 valence electrons. The molecule has 4 aromatic heterocycles. The lowest BCUT2D eigenvalue weighted by Crippen LogP contribution is -2.24. The molecular formula is C29H34N8O5S. The van der Waals surface area contributed by atoms with Crippen molar-refractivity contribution < 1.29 is 17.9 Å². The fourth-order valence-electron chi connectivity index (χ4n) is 4.70. The van der Waals surface area contributed by atoms with Crippen molar-refractivity contribution in [1.82, 2.24) is 34.9 Å². The van der Waals surface area contributed by atoms with E-state index in [1.165, 1.54) is 31.9 Å². The summed E-state index contributed by atoms with van der Waals surface area (Å²) in [6.07, 6.45) is 10.6. The Morgan fingerprint density at radius 1 is 1.02 bits per heavy atom. The number of nitrogens with zero attached hydrogens (tertiary/aromatic N) is 6. The van der Waals surface area contributed by atoms with E-state index in [1.54, 1.807) is 13.0 Å². The van der Waals surface area contributed by atoms with E-state index < -0.39 is 15.4 Å². The van der Waals surface area contributed by atoms with Crippen molar-refractivity contribution in [3.63, 3.8) is 0 Å². The Morgan fingerprint density at radius 3 is 2.42 bits per heavy atom. The van der Waals surface area contributed by atoms with Crippen LogP contribution in [-0.2, 0) is 21.2 Å². The largest absolute Gasteiger partial charge is 0.480 e. The van der Waals surface area contributed by atoms with Gasteiger partial charge in [-0.1, -0.05) is 20.3 Å². The van der Waals surface area contributed by atoms with Crippen LogP contribution in [0, 0.1) is 5.92 Å². The fraction of sp³-hybridized carbons (Fsp3) is 0.448. The van der Waals surface area contributed by atoms with Crippen LogP contribution in [0.25, 0.3) is 22.6 Å². The number of hydrogen-bond donors (Lipinski definition) is 2. The molecule has 2 saturated carbocycles. The molecule has 0 bridgehead atoms. The highest BCUT2D eigenvalue weighted by Gasteiger charge is 2.31. The number of Topliss-reactive ketones (excluding diaryl/α,β-unsaturated/α-hetero) is 1. The predicted octanol–water partition coefficient (Wildman–Crippen LogP) is 3.62. The third-order valence-electron chi connectivity index (χ3n) is 7.48. The van der Waals surface area contributed by atoms with Crippen molar-refractivity contribution in [3.8, 4) is 17.3 Å². The summed E-state index contributed by atoms with van der Waals surface area (Å²) in [5.41, 5.74) is 2.18. The average molecular weight is 607 g/mol. The second-order valence-electron chi connectivity index (χ2n) is 10.5. The smallest absolute Gasteiger partial charge is 0.292 e. The summed E-state index contributed by atoms with van der Waals surface area (Å²) in [7, 11) is -1.80. The minimum Gasteiger partial charge on any atom is -0.480 e. The molecule has 13 nitrogen and oxygen atoms in total. The SMILES string of the molecule is CCCC1CCC1=O.CCS(=O)(=O)c1ccc(CNc2nc3cnc(-c4c(OC)ncnc4C4CC4)nc3[nH]c2=O)nc1. The highest BCUT2D eigenvalue weighted by molar-refractivity contribution is 7.91. The van der Waals surface area contributed by atoms with Gasteiger partial charge in [0, 0.05) is 24.5 Å². The number of anilines is 1. The summed E-state index contributed by atoms with van der Waals surface area (Å²) in [5.74, 6) is 2.06. The topological polar surface area (TPSA) is 183 Å². The van der Waals surface area contributed by atoms with Gasteiger partial charge in [0.1, 0.15) is 23.2 Å². The molecule has 4 aromatic rings. The number of fused-ring (bicyclic) bond motifs is 1. The van der Waals surface area contributed by atoms with Crippen molar-refractivity contribution in [2.45, 2.75) is 69.7 Å². The van der Waals surface area contributed by atoms with E-state index in [9.17, 15) is 18.0 Å². The van der Waals surface area contributed by atoms with Crippen LogP contribution in [0.5, 0.6) is 5.88 Å². The Morgan fingerprint density at radius 2 is 1.84 bits per heavy atom. The van der Waals surface area contributed by atoms with E-state index in [0.717, 1.165) is 44.2 Å². The molecule has 14 heteroatoms. The van der Waals surface area contributed by atoms with Crippen molar-refractivity contribution >= 4 is 32.6 Å². The standard InChI is InChI=1S/C22H22N8O4S.C7H12O/c1-3-35(32,33)14-7-6-13(23-9-14)8-24-20-21(31)30-18-15(28-20)10-25-19(29-18)16-17(12-4-5-12)26-11-27-22(16)34-2;1-2-3-6-4-5-7(6)8/h6-7,9-12H,3-5,8H2,1-2H3,(H,24,28)(H,25,29,30,31);6H,2-5H2,1H3. The molecule has 0 radical (unpaired) electrons. The number of carbonyl (C=O) groups excluding carboxylic acids is 1. The van der Waals surface area contributed by atoms with Gasteiger partial charge in [-0.2, -0.15) is 0 Å².